The Labute approximate surface area is 106 Å². The summed E-state index contributed by atoms with van der Waals surface area (Å²) < 4.78 is 5.73. The topological polar surface area (TPSA) is 24.5 Å². The summed E-state index contributed by atoms with van der Waals surface area (Å²) in [6.45, 7) is 10.4. The van der Waals surface area contributed by atoms with Gasteiger partial charge in [0.2, 0.25) is 0 Å². The Balaban J connectivity index is 1.70. The number of hydrogen-bond acceptors (Lipinski definition) is 3. The summed E-state index contributed by atoms with van der Waals surface area (Å²) in [7, 11) is 0. The van der Waals surface area contributed by atoms with Crippen LogP contribution in [0.15, 0.2) is 0 Å². The van der Waals surface area contributed by atoms with E-state index in [1.54, 1.807) is 0 Å². The molecule has 3 unspecified atom stereocenters. The summed E-state index contributed by atoms with van der Waals surface area (Å²) in [6, 6.07) is 0.732. The third kappa shape index (κ3) is 3.94. The number of hydrogen-bond donors (Lipinski definition) is 1. The van der Waals surface area contributed by atoms with Crippen LogP contribution < -0.4 is 5.32 Å². The number of ether oxygens (including phenoxy) is 1. The van der Waals surface area contributed by atoms with Crippen LogP contribution in [0, 0.1) is 5.92 Å². The van der Waals surface area contributed by atoms with Crippen LogP contribution in [0.2, 0.25) is 0 Å². The minimum absolute atomic E-state index is 0.516. The SMILES string of the molecule is CCCNC1CCN(CC2CCCO2)CC1C. The number of rotatable bonds is 5. The van der Waals surface area contributed by atoms with Crippen molar-refractivity contribution in [3.63, 3.8) is 0 Å². The molecule has 3 nitrogen and oxygen atoms in total. The van der Waals surface area contributed by atoms with E-state index in [-0.39, 0.29) is 0 Å². The quantitative estimate of drug-likeness (QED) is 0.794. The van der Waals surface area contributed by atoms with Crippen molar-refractivity contribution >= 4 is 0 Å². The van der Waals surface area contributed by atoms with Crippen LogP contribution in [0.4, 0.5) is 0 Å². The number of piperidine rings is 1. The Morgan fingerprint density at radius 3 is 2.88 bits per heavy atom. The maximum atomic E-state index is 5.73. The fourth-order valence-corrected chi connectivity index (χ4v) is 3.11. The Hall–Kier alpha value is -0.120. The van der Waals surface area contributed by atoms with Crippen LogP contribution in [-0.4, -0.2) is 49.8 Å². The van der Waals surface area contributed by atoms with Crippen LogP contribution in [-0.2, 0) is 4.74 Å². The summed E-state index contributed by atoms with van der Waals surface area (Å²) in [5, 5.41) is 3.68. The van der Waals surface area contributed by atoms with E-state index in [0.29, 0.717) is 6.10 Å². The zero-order chi connectivity index (χ0) is 12.1. The Morgan fingerprint density at radius 1 is 1.35 bits per heavy atom. The van der Waals surface area contributed by atoms with Gasteiger partial charge in [0.05, 0.1) is 6.10 Å². The van der Waals surface area contributed by atoms with E-state index >= 15 is 0 Å². The van der Waals surface area contributed by atoms with Crippen LogP contribution in [0.3, 0.4) is 0 Å². The molecule has 0 amide bonds. The molecule has 0 aromatic rings. The minimum atomic E-state index is 0.516. The molecule has 2 fully saturated rings. The van der Waals surface area contributed by atoms with E-state index < -0.39 is 0 Å². The normalized spacial score (nSPS) is 35.3. The standard InChI is InChI=1S/C14H28N2O/c1-3-7-15-14-6-8-16(10-12(14)2)11-13-5-4-9-17-13/h12-15H,3-11H2,1-2H3. The molecule has 0 radical (unpaired) electrons. The maximum absolute atomic E-state index is 5.73. The predicted octanol–water partition coefficient (Wildman–Crippen LogP) is 1.88. The van der Waals surface area contributed by atoms with Gasteiger partial charge in [0.1, 0.15) is 0 Å². The molecular weight excluding hydrogens is 212 g/mol. The lowest BCUT2D eigenvalue weighted by Crippen LogP contribution is -2.50. The summed E-state index contributed by atoms with van der Waals surface area (Å²) in [5.41, 5.74) is 0. The van der Waals surface area contributed by atoms with Crippen molar-refractivity contribution in [2.24, 2.45) is 5.92 Å². The van der Waals surface area contributed by atoms with Gasteiger partial charge in [-0.2, -0.15) is 0 Å². The Morgan fingerprint density at radius 2 is 2.24 bits per heavy atom. The van der Waals surface area contributed by atoms with E-state index in [0.717, 1.165) is 25.1 Å². The minimum Gasteiger partial charge on any atom is -0.377 e. The fourth-order valence-electron chi connectivity index (χ4n) is 3.11. The van der Waals surface area contributed by atoms with Crippen molar-refractivity contribution in [1.29, 1.82) is 0 Å². The average molecular weight is 240 g/mol. The molecule has 2 rings (SSSR count). The van der Waals surface area contributed by atoms with E-state index in [9.17, 15) is 0 Å². The molecule has 0 aromatic carbocycles. The van der Waals surface area contributed by atoms with Crippen molar-refractivity contribution in [3.05, 3.63) is 0 Å². The zero-order valence-corrected chi connectivity index (χ0v) is 11.5. The van der Waals surface area contributed by atoms with Crippen molar-refractivity contribution in [2.45, 2.75) is 51.7 Å². The largest absolute Gasteiger partial charge is 0.377 e. The average Bonchev–Trinajstić information content (AvgIpc) is 2.81. The van der Waals surface area contributed by atoms with Crippen LogP contribution in [0.25, 0.3) is 0 Å². The van der Waals surface area contributed by atoms with Gasteiger partial charge in [-0.15, -0.1) is 0 Å². The molecular formula is C14H28N2O. The van der Waals surface area contributed by atoms with Crippen molar-refractivity contribution in [1.82, 2.24) is 10.2 Å². The van der Waals surface area contributed by atoms with Crippen molar-refractivity contribution < 1.29 is 4.74 Å². The molecule has 0 saturated carbocycles. The smallest absolute Gasteiger partial charge is 0.0702 e. The first kappa shape index (κ1) is 13.3. The van der Waals surface area contributed by atoms with Gasteiger partial charge in [-0.1, -0.05) is 13.8 Å². The first-order chi connectivity index (χ1) is 8.29. The third-order valence-corrected chi connectivity index (χ3v) is 4.13. The van der Waals surface area contributed by atoms with Gasteiger partial charge >= 0.3 is 0 Å². The molecule has 2 aliphatic heterocycles. The first-order valence-electron chi connectivity index (χ1n) is 7.37. The van der Waals surface area contributed by atoms with Crippen LogP contribution >= 0.6 is 0 Å². The monoisotopic (exact) mass is 240 g/mol. The molecule has 0 aromatic heterocycles. The number of nitrogens with one attached hydrogen (secondary N) is 1. The molecule has 2 aliphatic rings. The third-order valence-electron chi connectivity index (χ3n) is 4.13. The van der Waals surface area contributed by atoms with Crippen molar-refractivity contribution in [3.8, 4) is 0 Å². The second-order valence-corrected chi connectivity index (χ2v) is 5.72. The molecule has 2 saturated heterocycles. The van der Waals surface area contributed by atoms with Crippen LogP contribution in [0.1, 0.15) is 39.5 Å². The molecule has 3 heteroatoms. The lowest BCUT2D eigenvalue weighted by molar-refractivity contribution is 0.0514. The van der Waals surface area contributed by atoms with Gasteiger partial charge in [0.25, 0.3) is 0 Å². The molecule has 17 heavy (non-hydrogen) atoms. The van der Waals surface area contributed by atoms with E-state index in [1.165, 1.54) is 45.3 Å². The number of nitrogens with zero attached hydrogens (tertiary/aromatic N) is 1. The van der Waals surface area contributed by atoms with E-state index in [4.69, 9.17) is 4.74 Å². The molecule has 0 aliphatic carbocycles. The van der Waals surface area contributed by atoms with Gasteiger partial charge in [0, 0.05) is 25.7 Å². The Bertz CT molecular complexity index is 216. The predicted molar refractivity (Wildman–Crippen MR) is 71.3 cm³/mol. The highest BCUT2D eigenvalue weighted by atomic mass is 16.5. The van der Waals surface area contributed by atoms with Gasteiger partial charge in [-0.3, -0.25) is 0 Å². The summed E-state index contributed by atoms with van der Waals surface area (Å²) in [6.07, 6.45) is 5.58. The molecule has 1 N–H and O–H groups in total. The van der Waals surface area contributed by atoms with E-state index in [2.05, 4.69) is 24.1 Å². The summed E-state index contributed by atoms with van der Waals surface area (Å²) in [4.78, 5) is 2.60. The lowest BCUT2D eigenvalue weighted by atomic mass is 9.93. The molecule has 0 bridgehead atoms. The Kier molecular flexibility index (Phi) is 5.26. The highest BCUT2D eigenvalue weighted by Gasteiger charge is 2.27. The maximum Gasteiger partial charge on any atom is 0.0702 e. The highest BCUT2D eigenvalue weighted by molar-refractivity contribution is 4.84. The zero-order valence-electron chi connectivity index (χ0n) is 11.5. The van der Waals surface area contributed by atoms with Gasteiger partial charge < -0.3 is 15.0 Å². The second-order valence-electron chi connectivity index (χ2n) is 5.72. The van der Waals surface area contributed by atoms with Gasteiger partial charge in [0.15, 0.2) is 0 Å². The van der Waals surface area contributed by atoms with Gasteiger partial charge in [-0.05, 0) is 44.7 Å². The fraction of sp³-hybridized carbons (Fsp3) is 1.00. The highest BCUT2D eigenvalue weighted by Crippen LogP contribution is 2.20. The van der Waals surface area contributed by atoms with Gasteiger partial charge in [-0.25, -0.2) is 0 Å². The first-order valence-corrected chi connectivity index (χ1v) is 7.37. The second kappa shape index (κ2) is 6.72. The lowest BCUT2D eigenvalue weighted by Gasteiger charge is -2.38. The summed E-state index contributed by atoms with van der Waals surface area (Å²) in [5.74, 6) is 0.775. The van der Waals surface area contributed by atoms with Crippen molar-refractivity contribution in [2.75, 3.05) is 32.8 Å². The summed E-state index contributed by atoms with van der Waals surface area (Å²) >= 11 is 0. The molecule has 100 valence electrons. The molecule has 3 atom stereocenters. The number of likely N-dealkylation sites (tertiary alicyclic amines) is 1. The molecule has 0 spiro atoms. The molecule has 2 heterocycles. The van der Waals surface area contributed by atoms with Crippen LogP contribution in [0.5, 0.6) is 0 Å². The van der Waals surface area contributed by atoms with E-state index in [1.807, 2.05) is 0 Å².